The van der Waals surface area contributed by atoms with Crippen LogP contribution in [0.15, 0.2) is 58.4 Å². The maximum absolute atomic E-state index is 12.0. The van der Waals surface area contributed by atoms with Crippen LogP contribution in [0, 0.1) is 0 Å². The van der Waals surface area contributed by atoms with Gasteiger partial charge in [-0.05, 0) is 35.9 Å². The topological polar surface area (TPSA) is 116 Å². The van der Waals surface area contributed by atoms with Gasteiger partial charge in [0.05, 0.1) is 17.4 Å². The largest absolute Gasteiger partial charge is 0.376 e. The first-order valence-corrected chi connectivity index (χ1v) is 8.65. The summed E-state index contributed by atoms with van der Waals surface area (Å²) in [7, 11) is 0. The fraction of sp³-hybridized carbons (Fsp3) is 0.100. The number of rotatable bonds is 6. The van der Waals surface area contributed by atoms with Gasteiger partial charge in [-0.3, -0.25) is 14.4 Å². The molecule has 0 bridgehead atoms. The van der Waals surface area contributed by atoms with E-state index in [-0.39, 0.29) is 17.3 Å². The molecule has 8 nitrogen and oxygen atoms in total. The van der Waals surface area contributed by atoms with Crippen LogP contribution in [0.1, 0.15) is 12.5 Å². The first-order valence-electron chi connectivity index (χ1n) is 8.65. The van der Waals surface area contributed by atoms with Crippen molar-refractivity contribution in [1.82, 2.24) is 9.97 Å². The molecule has 0 aliphatic carbocycles. The van der Waals surface area contributed by atoms with Crippen LogP contribution < -0.4 is 26.8 Å². The molecule has 0 aliphatic rings. The van der Waals surface area contributed by atoms with Crippen molar-refractivity contribution >= 4 is 39.7 Å². The van der Waals surface area contributed by atoms with E-state index in [2.05, 4.69) is 25.9 Å². The van der Waals surface area contributed by atoms with Crippen LogP contribution in [0.4, 0.5) is 22.7 Å². The Morgan fingerprint density at radius 3 is 2.68 bits per heavy atom. The SMILES string of the molecule is CC(=O)Nc1cccc(CNc2c(Nc3ccc4nc[nH]c4c3)c(=O)c2=O)c1. The number of amides is 1. The van der Waals surface area contributed by atoms with Crippen LogP contribution in [0.25, 0.3) is 11.0 Å². The van der Waals surface area contributed by atoms with Gasteiger partial charge in [0.15, 0.2) is 0 Å². The van der Waals surface area contributed by atoms with Gasteiger partial charge in [0.25, 0.3) is 10.9 Å². The molecule has 0 radical (unpaired) electrons. The van der Waals surface area contributed by atoms with Gasteiger partial charge in [-0.15, -0.1) is 0 Å². The van der Waals surface area contributed by atoms with Crippen LogP contribution in [-0.2, 0) is 11.3 Å². The van der Waals surface area contributed by atoms with E-state index in [0.717, 1.165) is 16.6 Å². The third kappa shape index (κ3) is 3.35. The molecular weight excluding hydrogens is 358 g/mol. The van der Waals surface area contributed by atoms with Crippen molar-refractivity contribution in [1.29, 1.82) is 0 Å². The number of H-pyrrole nitrogens is 1. The van der Waals surface area contributed by atoms with E-state index in [1.54, 1.807) is 24.5 Å². The number of anilines is 4. The molecule has 8 heteroatoms. The van der Waals surface area contributed by atoms with Gasteiger partial charge in [-0.25, -0.2) is 4.98 Å². The summed E-state index contributed by atoms with van der Waals surface area (Å²) in [6.07, 6.45) is 1.59. The minimum absolute atomic E-state index is 0.159. The van der Waals surface area contributed by atoms with Gasteiger partial charge in [-0.1, -0.05) is 12.1 Å². The van der Waals surface area contributed by atoms with Crippen molar-refractivity contribution in [3.05, 3.63) is 74.8 Å². The Hall–Kier alpha value is -3.94. The van der Waals surface area contributed by atoms with Crippen LogP contribution in [-0.4, -0.2) is 15.9 Å². The quantitative estimate of drug-likeness (QED) is 0.385. The number of fused-ring (bicyclic) bond motifs is 1. The minimum atomic E-state index is -0.556. The average Bonchev–Trinajstić information content (AvgIpc) is 3.14. The number of carbonyl (C=O) groups is 1. The lowest BCUT2D eigenvalue weighted by Gasteiger charge is -2.15. The Balaban J connectivity index is 1.50. The third-order valence-corrected chi connectivity index (χ3v) is 4.32. The summed E-state index contributed by atoms with van der Waals surface area (Å²) in [6.45, 7) is 1.78. The van der Waals surface area contributed by atoms with E-state index in [4.69, 9.17) is 0 Å². The number of carbonyl (C=O) groups excluding carboxylic acids is 1. The second kappa shape index (κ2) is 6.99. The molecule has 28 heavy (non-hydrogen) atoms. The second-order valence-electron chi connectivity index (χ2n) is 6.40. The Bertz CT molecular complexity index is 1250. The summed E-state index contributed by atoms with van der Waals surface area (Å²) in [5.41, 5.74) is 3.23. The molecule has 0 saturated carbocycles. The standard InChI is InChI=1S/C20H17N5O3/c1-11(26)24-13-4-2-3-12(7-13)9-21-17-18(20(28)19(17)27)25-14-5-6-15-16(8-14)23-10-22-15/h2-8,10,21,25H,9H2,1H3,(H,22,23)(H,24,26). The molecule has 0 atom stereocenters. The van der Waals surface area contributed by atoms with Crippen molar-refractivity contribution in [2.45, 2.75) is 13.5 Å². The fourth-order valence-corrected chi connectivity index (χ4v) is 2.99. The predicted octanol–water partition coefficient (Wildman–Crippen LogP) is 2.47. The van der Waals surface area contributed by atoms with Crippen molar-refractivity contribution in [2.24, 2.45) is 0 Å². The number of hydrogen-bond acceptors (Lipinski definition) is 6. The van der Waals surface area contributed by atoms with Crippen LogP contribution in [0.5, 0.6) is 0 Å². The predicted molar refractivity (Wildman–Crippen MR) is 109 cm³/mol. The van der Waals surface area contributed by atoms with Crippen molar-refractivity contribution in [2.75, 3.05) is 16.0 Å². The molecule has 0 spiro atoms. The van der Waals surface area contributed by atoms with Crippen molar-refractivity contribution in [3.8, 4) is 0 Å². The Morgan fingerprint density at radius 2 is 1.86 bits per heavy atom. The smallest absolute Gasteiger partial charge is 0.253 e. The van der Waals surface area contributed by atoms with E-state index < -0.39 is 10.9 Å². The normalized spacial score (nSPS) is 10.9. The first-order chi connectivity index (χ1) is 13.5. The summed E-state index contributed by atoms with van der Waals surface area (Å²) in [6, 6.07) is 12.7. The molecule has 0 fully saturated rings. The van der Waals surface area contributed by atoms with Gasteiger partial charge in [0, 0.05) is 24.8 Å². The number of benzene rings is 2. The van der Waals surface area contributed by atoms with E-state index in [9.17, 15) is 14.4 Å². The lowest BCUT2D eigenvalue weighted by atomic mass is 10.1. The molecule has 3 aromatic carbocycles. The van der Waals surface area contributed by atoms with E-state index in [0.29, 0.717) is 17.9 Å². The molecule has 1 heterocycles. The summed E-state index contributed by atoms with van der Waals surface area (Å²) >= 11 is 0. The van der Waals surface area contributed by atoms with Gasteiger partial charge in [0.2, 0.25) is 5.91 Å². The van der Waals surface area contributed by atoms with Gasteiger partial charge in [0.1, 0.15) is 11.4 Å². The molecule has 1 aromatic heterocycles. The maximum atomic E-state index is 12.0. The highest BCUT2D eigenvalue weighted by molar-refractivity contribution is 5.88. The van der Waals surface area contributed by atoms with E-state index >= 15 is 0 Å². The summed E-state index contributed by atoms with van der Waals surface area (Å²) in [5.74, 6) is -0.159. The molecule has 140 valence electrons. The lowest BCUT2D eigenvalue weighted by Crippen LogP contribution is -2.36. The zero-order chi connectivity index (χ0) is 19.7. The number of nitrogens with zero attached hydrogens (tertiary/aromatic N) is 1. The highest BCUT2D eigenvalue weighted by atomic mass is 16.2. The Morgan fingerprint density at radius 1 is 1.04 bits per heavy atom. The van der Waals surface area contributed by atoms with Gasteiger partial charge >= 0.3 is 0 Å². The van der Waals surface area contributed by atoms with Crippen LogP contribution in [0.2, 0.25) is 0 Å². The summed E-state index contributed by atoms with van der Waals surface area (Å²) < 4.78 is 0. The lowest BCUT2D eigenvalue weighted by molar-refractivity contribution is -0.114. The molecule has 0 saturated heterocycles. The highest BCUT2D eigenvalue weighted by Gasteiger charge is 2.21. The number of imidazole rings is 1. The number of aromatic amines is 1. The van der Waals surface area contributed by atoms with Gasteiger partial charge in [-0.2, -0.15) is 0 Å². The zero-order valence-corrected chi connectivity index (χ0v) is 15.0. The zero-order valence-electron chi connectivity index (χ0n) is 15.0. The molecule has 4 aromatic rings. The second-order valence-corrected chi connectivity index (χ2v) is 6.40. The Kier molecular flexibility index (Phi) is 4.36. The molecule has 4 rings (SSSR count). The molecular formula is C20H17N5O3. The number of nitrogens with one attached hydrogen (secondary N) is 4. The number of hydrogen-bond donors (Lipinski definition) is 4. The third-order valence-electron chi connectivity index (χ3n) is 4.32. The minimum Gasteiger partial charge on any atom is -0.376 e. The van der Waals surface area contributed by atoms with E-state index in [1.807, 2.05) is 24.3 Å². The highest BCUT2D eigenvalue weighted by Crippen LogP contribution is 2.23. The Labute approximate surface area is 159 Å². The monoisotopic (exact) mass is 375 g/mol. The van der Waals surface area contributed by atoms with Gasteiger partial charge < -0.3 is 20.9 Å². The molecule has 1 amide bonds. The van der Waals surface area contributed by atoms with Crippen LogP contribution in [0.3, 0.4) is 0 Å². The van der Waals surface area contributed by atoms with Crippen molar-refractivity contribution < 1.29 is 4.79 Å². The molecule has 4 N–H and O–H groups in total. The van der Waals surface area contributed by atoms with E-state index in [1.165, 1.54) is 6.92 Å². The summed E-state index contributed by atoms with van der Waals surface area (Å²) in [4.78, 5) is 42.3. The summed E-state index contributed by atoms with van der Waals surface area (Å²) in [5, 5.41) is 8.73. The maximum Gasteiger partial charge on any atom is 0.253 e. The molecule has 0 unspecified atom stereocenters. The fourth-order valence-electron chi connectivity index (χ4n) is 2.99. The average molecular weight is 375 g/mol. The molecule has 0 aliphatic heterocycles. The van der Waals surface area contributed by atoms with Crippen molar-refractivity contribution in [3.63, 3.8) is 0 Å². The first kappa shape index (κ1) is 17.5. The number of aromatic nitrogens is 2. The van der Waals surface area contributed by atoms with Crippen LogP contribution >= 0.6 is 0 Å².